The van der Waals surface area contributed by atoms with Gasteiger partial charge in [0, 0.05) is 30.4 Å². The van der Waals surface area contributed by atoms with Crippen molar-refractivity contribution < 1.29 is 9.59 Å². The Morgan fingerprint density at radius 3 is 2.61 bits per heavy atom. The molecule has 1 aromatic heterocycles. The summed E-state index contributed by atoms with van der Waals surface area (Å²) in [6, 6.07) is 20.0. The van der Waals surface area contributed by atoms with Crippen LogP contribution in [0, 0.1) is 5.92 Å². The Hall–Kier alpha value is -2.70. The Labute approximate surface area is 200 Å². The van der Waals surface area contributed by atoms with E-state index < -0.39 is 6.04 Å². The molecule has 2 atom stereocenters. The third kappa shape index (κ3) is 6.42. The van der Waals surface area contributed by atoms with Crippen molar-refractivity contribution in [3.05, 3.63) is 71.1 Å². The number of nitrogens with one attached hydrogen (secondary N) is 2. The fourth-order valence-electron chi connectivity index (χ4n) is 4.41. The second-order valence-corrected chi connectivity index (χ2v) is 10.4. The maximum atomic E-state index is 13.1. The molecule has 1 saturated heterocycles. The highest BCUT2D eigenvalue weighted by molar-refractivity contribution is 7.20. The molecule has 0 unspecified atom stereocenters. The second-order valence-electron chi connectivity index (χ2n) is 9.33. The predicted molar refractivity (Wildman–Crippen MR) is 136 cm³/mol. The minimum absolute atomic E-state index is 0.0759. The fourth-order valence-corrected chi connectivity index (χ4v) is 5.38. The quantitative estimate of drug-likeness (QED) is 0.492. The Morgan fingerprint density at radius 1 is 1.09 bits per heavy atom. The van der Waals surface area contributed by atoms with E-state index >= 15 is 0 Å². The molecule has 1 fully saturated rings. The van der Waals surface area contributed by atoms with Crippen LogP contribution < -0.4 is 10.6 Å². The first-order valence-electron chi connectivity index (χ1n) is 11.8. The normalized spacial score (nSPS) is 17.4. The molecule has 0 bridgehead atoms. The molecule has 0 saturated carbocycles. The zero-order chi connectivity index (χ0) is 23.2. The molecule has 1 aliphatic rings. The number of rotatable bonds is 9. The lowest BCUT2D eigenvalue weighted by atomic mass is 10.0. The minimum atomic E-state index is -0.527. The number of hydrogen-bond acceptors (Lipinski definition) is 4. The SMILES string of the molecule is CC(C)C[C@H](NC(=O)c1cc2ccccc2s1)C(=O)N[C@H]1CCN(CCc2ccccc2)C1. The number of carbonyl (C=O) groups excluding carboxylic acids is 2. The molecule has 2 amide bonds. The van der Waals surface area contributed by atoms with E-state index in [1.807, 2.05) is 36.4 Å². The molecule has 2 aromatic carbocycles. The lowest BCUT2D eigenvalue weighted by molar-refractivity contribution is -0.124. The molecule has 6 heteroatoms. The van der Waals surface area contributed by atoms with Crippen LogP contribution in [0.15, 0.2) is 60.7 Å². The van der Waals surface area contributed by atoms with E-state index in [4.69, 9.17) is 0 Å². The number of benzene rings is 2. The van der Waals surface area contributed by atoms with E-state index in [1.54, 1.807) is 0 Å². The van der Waals surface area contributed by atoms with Crippen LogP contribution in [0.2, 0.25) is 0 Å². The number of likely N-dealkylation sites (tertiary alicyclic amines) is 1. The second kappa shape index (κ2) is 10.9. The largest absolute Gasteiger partial charge is 0.350 e. The van der Waals surface area contributed by atoms with Crippen molar-refractivity contribution in [1.82, 2.24) is 15.5 Å². The van der Waals surface area contributed by atoms with Gasteiger partial charge in [-0.3, -0.25) is 9.59 Å². The third-order valence-corrected chi connectivity index (χ3v) is 7.27. The summed E-state index contributed by atoms with van der Waals surface area (Å²) < 4.78 is 1.08. The van der Waals surface area contributed by atoms with Gasteiger partial charge in [0.05, 0.1) is 4.88 Å². The van der Waals surface area contributed by atoms with Gasteiger partial charge < -0.3 is 15.5 Å². The maximum Gasteiger partial charge on any atom is 0.262 e. The topological polar surface area (TPSA) is 61.4 Å². The summed E-state index contributed by atoms with van der Waals surface area (Å²) in [5, 5.41) is 7.26. The molecule has 5 nitrogen and oxygen atoms in total. The first-order valence-corrected chi connectivity index (χ1v) is 12.7. The number of amides is 2. The first kappa shape index (κ1) is 23.5. The predicted octanol–water partition coefficient (Wildman–Crippen LogP) is 4.48. The number of thiophene rings is 1. The van der Waals surface area contributed by atoms with Gasteiger partial charge in [0.1, 0.15) is 6.04 Å². The van der Waals surface area contributed by atoms with Crippen LogP contribution in [-0.4, -0.2) is 48.4 Å². The number of fused-ring (bicyclic) bond motifs is 1. The molecule has 174 valence electrons. The van der Waals surface area contributed by atoms with Crippen molar-refractivity contribution in [2.45, 2.75) is 45.2 Å². The number of carbonyl (C=O) groups is 2. The van der Waals surface area contributed by atoms with Gasteiger partial charge in [0.25, 0.3) is 5.91 Å². The Bertz CT molecular complexity index is 1050. The molecule has 33 heavy (non-hydrogen) atoms. The Kier molecular flexibility index (Phi) is 7.78. The van der Waals surface area contributed by atoms with Crippen LogP contribution in [0.25, 0.3) is 10.1 Å². The first-order chi connectivity index (χ1) is 16.0. The van der Waals surface area contributed by atoms with E-state index in [9.17, 15) is 9.59 Å². The molecule has 1 aliphatic heterocycles. The van der Waals surface area contributed by atoms with Crippen molar-refractivity contribution in [3.63, 3.8) is 0 Å². The van der Waals surface area contributed by atoms with Gasteiger partial charge in [-0.1, -0.05) is 62.4 Å². The minimum Gasteiger partial charge on any atom is -0.350 e. The highest BCUT2D eigenvalue weighted by atomic mass is 32.1. The fraction of sp³-hybridized carbons (Fsp3) is 0.407. The van der Waals surface area contributed by atoms with Gasteiger partial charge in [0.15, 0.2) is 0 Å². The third-order valence-electron chi connectivity index (χ3n) is 6.16. The van der Waals surface area contributed by atoms with Crippen molar-refractivity contribution >= 4 is 33.2 Å². The van der Waals surface area contributed by atoms with Crippen LogP contribution in [0.4, 0.5) is 0 Å². The van der Waals surface area contributed by atoms with E-state index in [2.05, 4.69) is 53.6 Å². The van der Waals surface area contributed by atoms with Gasteiger partial charge in [-0.05, 0) is 48.3 Å². The zero-order valence-electron chi connectivity index (χ0n) is 19.4. The summed E-state index contributed by atoms with van der Waals surface area (Å²) >= 11 is 1.46. The Morgan fingerprint density at radius 2 is 1.85 bits per heavy atom. The highest BCUT2D eigenvalue weighted by Gasteiger charge is 2.28. The molecule has 2 N–H and O–H groups in total. The molecule has 0 aliphatic carbocycles. The highest BCUT2D eigenvalue weighted by Crippen LogP contribution is 2.25. The van der Waals surface area contributed by atoms with Gasteiger partial charge in [0.2, 0.25) is 5.91 Å². The summed E-state index contributed by atoms with van der Waals surface area (Å²) in [5.74, 6) is 0.0513. The van der Waals surface area contributed by atoms with Crippen LogP contribution in [0.5, 0.6) is 0 Å². The lowest BCUT2D eigenvalue weighted by Crippen LogP contribution is -2.50. The zero-order valence-corrected chi connectivity index (χ0v) is 20.2. The summed E-state index contributed by atoms with van der Waals surface area (Å²) in [5.41, 5.74) is 1.34. The molecule has 2 heterocycles. The van der Waals surface area contributed by atoms with Gasteiger partial charge >= 0.3 is 0 Å². The maximum absolute atomic E-state index is 13.1. The van der Waals surface area contributed by atoms with Crippen molar-refractivity contribution in [3.8, 4) is 0 Å². The van der Waals surface area contributed by atoms with E-state index in [-0.39, 0.29) is 17.9 Å². The monoisotopic (exact) mass is 463 g/mol. The van der Waals surface area contributed by atoms with E-state index in [1.165, 1.54) is 16.9 Å². The molecular formula is C27H33N3O2S. The number of hydrogen-bond donors (Lipinski definition) is 2. The molecule has 3 aromatic rings. The van der Waals surface area contributed by atoms with Crippen LogP contribution in [0.3, 0.4) is 0 Å². The van der Waals surface area contributed by atoms with Crippen LogP contribution in [-0.2, 0) is 11.2 Å². The van der Waals surface area contributed by atoms with Crippen LogP contribution >= 0.6 is 11.3 Å². The summed E-state index contributed by atoms with van der Waals surface area (Å²) in [7, 11) is 0. The van der Waals surface area contributed by atoms with Gasteiger partial charge in [-0.25, -0.2) is 0 Å². The molecule has 0 radical (unpaired) electrons. The molecule has 4 rings (SSSR count). The van der Waals surface area contributed by atoms with Crippen molar-refractivity contribution in [2.75, 3.05) is 19.6 Å². The molecule has 0 spiro atoms. The average molecular weight is 464 g/mol. The van der Waals surface area contributed by atoms with Crippen LogP contribution in [0.1, 0.15) is 41.9 Å². The van der Waals surface area contributed by atoms with Gasteiger partial charge in [-0.15, -0.1) is 11.3 Å². The number of nitrogens with zero attached hydrogens (tertiary/aromatic N) is 1. The van der Waals surface area contributed by atoms with Gasteiger partial charge in [-0.2, -0.15) is 0 Å². The summed E-state index contributed by atoms with van der Waals surface area (Å²) in [6.45, 7) is 6.99. The summed E-state index contributed by atoms with van der Waals surface area (Å²) in [6.07, 6.45) is 2.58. The van der Waals surface area contributed by atoms with Crippen molar-refractivity contribution in [2.24, 2.45) is 5.92 Å². The standard InChI is InChI=1S/C27H33N3O2S/c1-19(2)16-23(29-27(32)25-17-21-10-6-7-11-24(21)33-25)26(31)28-22-13-15-30(18-22)14-12-20-8-4-3-5-9-20/h3-11,17,19,22-23H,12-16,18H2,1-2H3,(H,28,31)(H,29,32)/t22-,23-/m0/s1. The smallest absolute Gasteiger partial charge is 0.262 e. The van der Waals surface area contributed by atoms with Crippen molar-refractivity contribution in [1.29, 1.82) is 0 Å². The lowest BCUT2D eigenvalue weighted by Gasteiger charge is -2.22. The average Bonchev–Trinajstić information content (AvgIpc) is 3.44. The Balaban J connectivity index is 1.32. The molecular weight excluding hydrogens is 430 g/mol. The van der Waals surface area contributed by atoms with E-state index in [0.29, 0.717) is 17.2 Å². The van der Waals surface area contributed by atoms with E-state index in [0.717, 1.165) is 42.6 Å². The summed E-state index contributed by atoms with van der Waals surface area (Å²) in [4.78, 5) is 29.1.